The smallest absolute Gasteiger partial charge is 0.331 e. The normalized spacial score (nSPS) is 12.8. The summed E-state index contributed by atoms with van der Waals surface area (Å²) in [6.07, 6.45) is 1.85. The molecule has 0 aliphatic carbocycles. The van der Waals surface area contributed by atoms with E-state index in [9.17, 15) is 19.6 Å². The summed E-state index contributed by atoms with van der Waals surface area (Å²) in [5.74, 6) is -0.856. The predicted molar refractivity (Wildman–Crippen MR) is 65.9 cm³/mol. The first-order valence-electron chi connectivity index (χ1n) is 5.34. The molecular weight excluding hydrogens is 257 g/mol. The second kappa shape index (κ2) is 7.97. The number of quaternary nitrogens is 1. The van der Waals surface area contributed by atoms with E-state index in [2.05, 4.69) is 4.74 Å². The van der Waals surface area contributed by atoms with Gasteiger partial charge in [0.1, 0.15) is 18.9 Å². The quantitative estimate of drug-likeness (QED) is 0.234. The van der Waals surface area contributed by atoms with E-state index < -0.39 is 19.7 Å². The van der Waals surface area contributed by atoms with Crippen LogP contribution in [-0.2, 0) is 14.3 Å². The van der Waals surface area contributed by atoms with Crippen LogP contribution in [0.3, 0.4) is 0 Å². The maximum absolute atomic E-state index is 11.5. The number of hydrogen-bond acceptors (Lipinski definition) is 5. The van der Waals surface area contributed by atoms with Gasteiger partial charge in [0.2, 0.25) is 0 Å². The van der Waals surface area contributed by atoms with Crippen molar-refractivity contribution in [2.24, 2.45) is 0 Å². The molecule has 6 nitrogen and oxygen atoms in total. The third-order valence-electron chi connectivity index (χ3n) is 1.85. The fraction of sp³-hybridized carbons (Fsp3) is 0.545. The fourth-order valence-electron chi connectivity index (χ4n) is 0.877. The first-order chi connectivity index (χ1) is 8.20. The molecule has 0 aromatic carbocycles. The average Bonchev–Trinajstić information content (AvgIpc) is 2.22. The van der Waals surface area contributed by atoms with Crippen LogP contribution in [0.15, 0.2) is 12.2 Å². The van der Waals surface area contributed by atoms with Crippen LogP contribution in [0.5, 0.6) is 0 Å². The van der Waals surface area contributed by atoms with Crippen LogP contribution >= 0.6 is 7.77 Å². The highest BCUT2D eigenvalue weighted by Crippen LogP contribution is 2.09. The lowest BCUT2D eigenvalue weighted by Crippen LogP contribution is -2.36. The highest BCUT2D eigenvalue weighted by molar-refractivity contribution is 7.50. The zero-order valence-corrected chi connectivity index (χ0v) is 11.7. The summed E-state index contributed by atoms with van der Waals surface area (Å²) in [5.41, 5.74) is 0. The van der Waals surface area contributed by atoms with Gasteiger partial charge in [0.05, 0.1) is 34.9 Å². The summed E-state index contributed by atoms with van der Waals surface area (Å²) in [6.45, 7) is 0.660. The van der Waals surface area contributed by atoms with Crippen molar-refractivity contribution in [1.29, 1.82) is 0 Å². The van der Waals surface area contributed by atoms with E-state index in [-0.39, 0.29) is 6.61 Å². The van der Waals surface area contributed by atoms with Gasteiger partial charge in [-0.1, -0.05) is 0 Å². The van der Waals surface area contributed by atoms with Gasteiger partial charge in [0.25, 0.3) is 0 Å². The van der Waals surface area contributed by atoms with Gasteiger partial charge in [-0.3, -0.25) is 0 Å². The Morgan fingerprint density at radius 2 is 1.89 bits per heavy atom. The van der Waals surface area contributed by atoms with Gasteiger partial charge in [-0.25, -0.2) is 4.79 Å². The zero-order chi connectivity index (χ0) is 14.2. The number of carboxylic acids is 1. The van der Waals surface area contributed by atoms with E-state index in [0.717, 1.165) is 12.6 Å². The molecule has 102 valence electrons. The second-order valence-corrected chi connectivity index (χ2v) is 6.27. The number of carbonyl (C=O) groups excluding carboxylic acids is 2. The van der Waals surface area contributed by atoms with E-state index in [1.54, 1.807) is 0 Å². The van der Waals surface area contributed by atoms with Gasteiger partial charge < -0.3 is 24.0 Å². The highest BCUT2D eigenvalue weighted by atomic mass is 31.1. The molecule has 0 aliphatic heterocycles. The molecule has 0 heterocycles. The summed E-state index contributed by atoms with van der Waals surface area (Å²) in [4.78, 5) is 32.4. The van der Waals surface area contributed by atoms with Crippen molar-refractivity contribution in [2.45, 2.75) is 0 Å². The first kappa shape index (κ1) is 16.8. The summed E-state index contributed by atoms with van der Waals surface area (Å²) in [7, 11) is 4.46. The molecule has 0 aromatic heterocycles. The van der Waals surface area contributed by atoms with E-state index in [1.165, 1.54) is 5.80 Å². The third-order valence-corrected chi connectivity index (χ3v) is 3.05. The lowest BCUT2D eigenvalue weighted by molar-refractivity contribution is -0.867. The maximum atomic E-state index is 11.5. The van der Waals surface area contributed by atoms with E-state index in [1.807, 2.05) is 21.1 Å². The Labute approximate surface area is 108 Å². The molecule has 18 heavy (non-hydrogen) atoms. The van der Waals surface area contributed by atoms with Gasteiger partial charge in [-0.15, -0.1) is 0 Å². The number of carbonyl (C=O) groups is 2. The van der Waals surface area contributed by atoms with Crippen LogP contribution in [0.1, 0.15) is 0 Å². The Kier molecular flexibility index (Phi) is 7.43. The van der Waals surface area contributed by atoms with Crippen LogP contribution in [-0.4, -0.2) is 62.7 Å². The number of aliphatic carboxylic acids is 1. The minimum Gasteiger partial charge on any atom is -0.630 e. The number of rotatable bonds is 7. The zero-order valence-electron chi connectivity index (χ0n) is 10.8. The predicted octanol–water partition coefficient (Wildman–Crippen LogP) is -1.90. The standard InChI is InChI=1S/C11H18NO5P/c1-12(2,3)6-8-18(16)9-7-17-11(15)5-4-10(13)14/h4-5,9H,6-8H2,1-3H3/b5-4+. The minimum absolute atomic E-state index is 0.0947. The maximum Gasteiger partial charge on any atom is 0.331 e. The summed E-state index contributed by atoms with van der Waals surface area (Å²) >= 11 is 0. The number of nitrogens with zero attached hydrogens (tertiary/aromatic N) is 1. The van der Waals surface area contributed by atoms with Crippen LogP contribution in [0, 0.1) is 0 Å². The van der Waals surface area contributed by atoms with Crippen molar-refractivity contribution < 1.29 is 28.8 Å². The molecule has 0 saturated heterocycles. The number of hydrogen-bond donors (Lipinski definition) is 0. The molecule has 0 aromatic rings. The molecule has 0 bridgehead atoms. The van der Waals surface area contributed by atoms with Gasteiger partial charge in [-0.2, -0.15) is 0 Å². The molecule has 1 unspecified atom stereocenters. The largest absolute Gasteiger partial charge is 0.630 e. The Balaban J connectivity index is 3.94. The Bertz CT molecular complexity index is 357. The van der Waals surface area contributed by atoms with Gasteiger partial charge in [0, 0.05) is 6.08 Å². The lowest BCUT2D eigenvalue weighted by Gasteiger charge is -2.22. The number of esters is 1. The van der Waals surface area contributed by atoms with E-state index in [0.29, 0.717) is 16.7 Å². The van der Waals surface area contributed by atoms with Gasteiger partial charge in [0.15, 0.2) is 6.16 Å². The molecule has 0 spiro atoms. The SMILES string of the molecule is C[N+](C)(C)CC[P+]([O-])=CCOC(=O)/C=C/C(=O)[O-]. The monoisotopic (exact) mass is 275 g/mol. The van der Waals surface area contributed by atoms with Crippen molar-refractivity contribution >= 4 is 25.5 Å². The molecule has 0 radical (unpaired) electrons. The number of carboxylic acid groups (broad SMARTS) is 1. The second-order valence-electron chi connectivity index (χ2n) is 4.62. The van der Waals surface area contributed by atoms with Crippen molar-refractivity contribution in [3.05, 3.63) is 12.2 Å². The van der Waals surface area contributed by atoms with E-state index >= 15 is 0 Å². The van der Waals surface area contributed by atoms with Gasteiger partial charge >= 0.3 is 5.97 Å². The summed E-state index contributed by atoms with van der Waals surface area (Å²) in [6, 6.07) is 0. The summed E-state index contributed by atoms with van der Waals surface area (Å²) < 4.78 is 5.35. The van der Waals surface area contributed by atoms with Gasteiger partial charge in [-0.05, 0) is 6.08 Å². The number of ether oxygens (including phenoxy) is 1. The molecule has 0 saturated carbocycles. The van der Waals surface area contributed by atoms with Crippen LogP contribution in [0.4, 0.5) is 0 Å². The minimum atomic E-state index is -1.52. The third kappa shape index (κ3) is 11.3. The van der Waals surface area contributed by atoms with Crippen LogP contribution in [0.25, 0.3) is 0 Å². The molecular formula is C11H18NO5P. The van der Waals surface area contributed by atoms with Crippen molar-refractivity contribution in [3.63, 3.8) is 0 Å². The average molecular weight is 275 g/mol. The Morgan fingerprint density at radius 3 is 2.39 bits per heavy atom. The molecule has 0 rings (SSSR count). The molecule has 1 atom stereocenters. The Hall–Kier alpha value is -1.23. The van der Waals surface area contributed by atoms with Crippen molar-refractivity contribution in [2.75, 3.05) is 40.5 Å². The van der Waals surface area contributed by atoms with Crippen molar-refractivity contribution in [3.8, 4) is 0 Å². The van der Waals surface area contributed by atoms with Crippen molar-refractivity contribution in [1.82, 2.24) is 0 Å². The molecule has 0 amide bonds. The molecule has 7 heteroatoms. The van der Waals surface area contributed by atoms with E-state index in [4.69, 9.17) is 0 Å². The summed E-state index contributed by atoms with van der Waals surface area (Å²) in [5, 5.41) is 10.0. The highest BCUT2D eigenvalue weighted by Gasteiger charge is 2.09. The van der Waals surface area contributed by atoms with Crippen LogP contribution < -0.4 is 10.00 Å². The molecule has 0 fully saturated rings. The fourth-order valence-corrected chi connectivity index (χ4v) is 2.10. The molecule has 0 N–H and O–H groups in total. The first-order valence-corrected chi connectivity index (χ1v) is 6.85. The topological polar surface area (TPSA) is 89.5 Å². The lowest BCUT2D eigenvalue weighted by atomic mass is 10.5. The Morgan fingerprint density at radius 1 is 1.28 bits per heavy atom. The molecule has 0 aliphatic rings. The van der Waals surface area contributed by atoms with Crippen LogP contribution in [0.2, 0.25) is 0 Å².